The summed E-state index contributed by atoms with van der Waals surface area (Å²) in [4.78, 5) is 18.2. The maximum Gasteiger partial charge on any atom is 1.00 e. The molecule has 2 aromatic rings. The van der Waals surface area contributed by atoms with Gasteiger partial charge in [-0.1, -0.05) is 32.1 Å². The van der Waals surface area contributed by atoms with Crippen LogP contribution in [0.25, 0.3) is 5.57 Å². The van der Waals surface area contributed by atoms with E-state index < -0.39 is 11.9 Å². The summed E-state index contributed by atoms with van der Waals surface area (Å²) < 4.78 is 39.1. The molecule has 0 fully saturated rings. The SMILES string of the molecule is C=[C-]c1ccc(NC(=N/C=C\C)C(C)=N/C=C(\C)c2cn[nH]c2C(F)(F)F)cc1O.CC(=O)CN.[CH2-]C([CH2-])(CC)CC.[K+]. The molecule has 5 N–H and O–H groups in total. The number of anilines is 1. The predicted molar refractivity (Wildman–Crippen MR) is 166 cm³/mol. The third kappa shape index (κ3) is 16.9. The zero-order valence-electron chi connectivity index (χ0n) is 26.2. The second kappa shape index (κ2) is 21.4. The van der Waals surface area contributed by atoms with Crippen LogP contribution in [-0.4, -0.2) is 39.2 Å². The molecular weight excluding hydrogens is 584 g/mol. The molecule has 1 heterocycles. The molecule has 232 valence electrons. The van der Waals surface area contributed by atoms with Crippen LogP contribution in [0.5, 0.6) is 5.75 Å². The van der Waals surface area contributed by atoms with Crippen molar-refractivity contribution < 1.29 is 74.5 Å². The number of phenolic OH excluding ortho intramolecular Hbond substituents is 1. The molecule has 1 aromatic carbocycles. The zero-order chi connectivity index (χ0) is 32.5. The molecule has 0 atom stereocenters. The number of Topliss-reactive ketones (excluding diaryl/α,β-unsaturated/α-hetero) is 1. The summed E-state index contributed by atoms with van der Waals surface area (Å²) in [6.45, 7) is 22.1. The Bertz CT molecular complexity index is 1270. The first-order chi connectivity index (χ1) is 19.6. The number of hydrogen-bond donors (Lipinski definition) is 4. The number of hydrogen-bond acceptors (Lipinski definition) is 6. The van der Waals surface area contributed by atoms with Gasteiger partial charge in [0.2, 0.25) is 0 Å². The van der Waals surface area contributed by atoms with Gasteiger partial charge in [0.15, 0.2) is 5.84 Å². The van der Waals surface area contributed by atoms with Gasteiger partial charge in [-0.2, -0.15) is 42.6 Å². The molecule has 1 aromatic heterocycles. The number of nitrogens with one attached hydrogen (secondary N) is 2. The van der Waals surface area contributed by atoms with Gasteiger partial charge in [-0.3, -0.25) is 20.3 Å². The van der Waals surface area contributed by atoms with Crippen molar-refractivity contribution in [2.75, 3.05) is 11.9 Å². The summed E-state index contributed by atoms with van der Waals surface area (Å²) in [7, 11) is 0. The van der Waals surface area contributed by atoms with Crippen molar-refractivity contribution in [3.8, 4) is 5.75 Å². The van der Waals surface area contributed by atoms with Gasteiger partial charge in [-0.05, 0) is 33.3 Å². The quantitative estimate of drug-likeness (QED) is 0.143. The molecular formula is C31H42F3KN6O2-2. The molecule has 0 aliphatic carbocycles. The fourth-order valence-corrected chi connectivity index (χ4v) is 2.64. The maximum absolute atomic E-state index is 13.0. The first-order valence-electron chi connectivity index (χ1n) is 13.1. The van der Waals surface area contributed by atoms with Crippen LogP contribution in [0.4, 0.5) is 18.9 Å². The fraction of sp³-hybridized carbons (Fsp3) is 0.355. The van der Waals surface area contributed by atoms with Gasteiger partial charge < -0.3 is 30.0 Å². The van der Waals surface area contributed by atoms with E-state index in [2.05, 4.69) is 60.8 Å². The smallest absolute Gasteiger partial charge is 0.565 e. The number of aliphatic imine (C=N–C) groups is 2. The van der Waals surface area contributed by atoms with Crippen LogP contribution < -0.4 is 62.4 Å². The van der Waals surface area contributed by atoms with Gasteiger partial charge in [0.25, 0.3) is 0 Å². The number of phenols is 1. The van der Waals surface area contributed by atoms with E-state index in [1.54, 1.807) is 38.3 Å². The fourth-order valence-electron chi connectivity index (χ4n) is 2.64. The molecule has 0 spiro atoms. The zero-order valence-corrected chi connectivity index (χ0v) is 29.3. The summed E-state index contributed by atoms with van der Waals surface area (Å²) >= 11 is 0. The number of aromatic hydroxyl groups is 1. The Morgan fingerprint density at radius 2 is 1.79 bits per heavy atom. The number of ketones is 1. The van der Waals surface area contributed by atoms with Crippen LogP contribution >= 0.6 is 0 Å². The number of aromatic nitrogens is 2. The van der Waals surface area contributed by atoms with E-state index in [9.17, 15) is 23.1 Å². The van der Waals surface area contributed by atoms with Gasteiger partial charge >= 0.3 is 57.6 Å². The summed E-state index contributed by atoms with van der Waals surface area (Å²) in [6.07, 6.45) is 5.88. The van der Waals surface area contributed by atoms with E-state index in [1.807, 2.05) is 5.10 Å². The molecule has 0 saturated heterocycles. The number of alkyl halides is 3. The first-order valence-corrected chi connectivity index (χ1v) is 13.1. The molecule has 0 aliphatic rings. The minimum Gasteiger partial charge on any atom is -0.565 e. The Kier molecular flexibility index (Phi) is 21.3. The van der Waals surface area contributed by atoms with E-state index >= 15 is 0 Å². The number of halogens is 3. The molecule has 8 nitrogen and oxygen atoms in total. The van der Waals surface area contributed by atoms with Crippen molar-refractivity contribution in [2.45, 2.75) is 60.6 Å². The minimum atomic E-state index is -4.54. The molecule has 43 heavy (non-hydrogen) atoms. The summed E-state index contributed by atoms with van der Waals surface area (Å²) in [5.74, 6) is 0.380. The van der Waals surface area contributed by atoms with E-state index in [0.29, 0.717) is 22.8 Å². The summed E-state index contributed by atoms with van der Waals surface area (Å²) in [5.41, 5.74) is 5.59. The Morgan fingerprint density at radius 1 is 1.21 bits per heavy atom. The number of nitrogens with zero attached hydrogens (tertiary/aromatic N) is 3. The number of amidine groups is 1. The number of carbonyl (C=O) groups is 1. The topological polar surface area (TPSA) is 129 Å². The number of rotatable bonds is 9. The van der Waals surface area contributed by atoms with Crippen LogP contribution in [0.15, 0.2) is 59.4 Å². The molecule has 0 amide bonds. The van der Waals surface area contributed by atoms with Crippen LogP contribution in [-0.2, 0) is 11.0 Å². The van der Waals surface area contributed by atoms with Crippen LogP contribution in [0.3, 0.4) is 0 Å². The Balaban J connectivity index is 0. The van der Waals surface area contributed by atoms with Crippen LogP contribution in [0.1, 0.15) is 71.2 Å². The van der Waals surface area contributed by atoms with Crippen molar-refractivity contribution in [1.29, 1.82) is 0 Å². The van der Waals surface area contributed by atoms with Crippen LogP contribution in [0, 0.1) is 25.3 Å². The Labute approximate surface area is 296 Å². The Hall–Kier alpha value is -2.35. The van der Waals surface area contributed by atoms with Gasteiger partial charge in [0, 0.05) is 29.4 Å². The van der Waals surface area contributed by atoms with E-state index in [0.717, 1.165) is 19.0 Å². The molecule has 0 unspecified atom stereocenters. The van der Waals surface area contributed by atoms with Crippen molar-refractivity contribution in [2.24, 2.45) is 21.1 Å². The van der Waals surface area contributed by atoms with Crippen molar-refractivity contribution >= 4 is 28.6 Å². The van der Waals surface area contributed by atoms with E-state index in [-0.39, 0.29) is 86.0 Å². The normalized spacial score (nSPS) is 12.4. The molecule has 12 heteroatoms. The summed E-state index contributed by atoms with van der Waals surface area (Å²) in [6, 6.07) is 4.81. The van der Waals surface area contributed by atoms with Crippen molar-refractivity contribution in [3.63, 3.8) is 0 Å². The third-order valence-electron chi connectivity index (χ3n) is 5.73. The number of benzene rings is 1. The van der Waals surface area contributed by atoms with Crippen molar-refractivity contribution in [1.82, 2.24) is 10.2 Å². The van der Waals surface area contributed by atoms with Gasteiger partial charge in [0.05, 0.1) is 18.5 Å². The largest absolute Gasteiger partial charge is 1.00 e. The first kappa shape index (κ1) is 42.8. The second-order valence-electron chi connectivity index (χ2n) is 9.29. The number of allylic oxidation sites excluding steroid dienone is 2. The average molecular weight is 627 g/mol. The van der Waals surface area contributed by atoms with E-state index in [1.165, 1.54) is 26.1 Å². The number of nitrogens with two attached hydrogens (primary N) is 1. The number of H-pyrrole nitrogens is 1. The van der Waals surface area contributed by atoms with Crippen molar-refractivity contribution in [3.05, 3.63) is 86.2 Å². The third-order valence-corrected chi connectivity index (χ3v) is 5.73. The molecule has 0 saturated carbocycles. The van der Waals surface area contributed by atoms with Gasteiger partial charge in [-0.15, -0.1) is 12.8 Å². The standard InChI is InChI=1S/C21H21F3N5O.C7H14.C3H7NO.K/c1-5-9-25-20(28-16-8-7-15(6-2)18(30)10-16)14(4)26-11-13(3)17-12-27-29-19(17)21(22,23)24;1-5-7(3,4)6-2;1-3(5)2-4;/h5,7-12,30H,2H2,1,3-4H3,(H,25,28)(H,27,29);3-6H2,1-2H3;2,4H2,1H3;/q-1;-2;;+1/b9-5-,13-11+,26-14?;;;. The Morgan fingerprint density at radius 3 is 2.21 bits per heavy atom. The number of aromatic amines is 1. The molecule has 2 rings (SSSR count). The molecule has 0 radical (unpaired) electrons. The minimum absolute atomic E-state index is 0. The molecule has 0 aliphatic heterocycles. The number of carbonyl (C=O) groups excluding carboxylic acids is 1. The molecule has 0 bridgehead atoms. The second-order valence-corrected chi connectivity index (χ2v) is 9.29. The van der Waals surface area contributed by atoms with E-state index in [4.69, 9.17) is 5.73 Å². The van der Waals surface area contributed by atoms with Gasteiger partial charge in [0.1, 0.15) is 11.5 Å². The van der Waals surface area contributed by atoms with Gasteiger partial charge in [-0.25, -0.2) is 4.99 Å². The predicted octanol–water partition coefficient (Wildman–Crippen LogP) is 4.34. The average Bonchev–Trinajstić information content (AvgIpc) is 3.46. The summed E-state index contributed by atoms with van der Waals surface area (Å²) in [5, 5.41) is 18.4. The monoisotopic (exact) mass is 626 g/mol. The maximum atomic E-state index is 13.0. The van der Waals surface area contributed by atoms with Crippen LogP contribution in [0.2, 0.25) is 0 Å².